The van der Waals surface area contributed by atoms with Crippen molar-refractivity contribution in [3.05, 3.63) is 21.9 Å². The minimum absolute atomic E-state index is 0.0607. The van der Waals surface area contributed by atoms with E-state index in [9.17, 15) is 4.79 Å². The van der Waals surface area contributed by atoms with Crippen molar-refractivity contribution in [1.29, 1.82) is 0 Å². The van der Waals surface area contributed by atoms with Gasteiger partial charge in [-0.25, -0.2) is 0 Å². The lowest BCUT2D eigenvalue weighted by Gasteiger charge is -2.20. The molecule has 1 amide bonds. The Balaban J connectivity index is 2.86. The van der Waals surface area contributed by atoms with Gasteiger partial charge in [0.2, 0.25) is 0 Å². The van der Waals surface area contributed by atoms with Crippen LogP contribution in [0.25, 0.3) is 0 Å². The summed E-state index contributed by atoms with van der Waals surface area (Å²) in [5, 5.41) is 10.3. The molecule has 0 aliphatic carbocycles. The molecule has 1 heterocycles. The molecule has 0 aromatic carbocycles. The van der Waals surface area contributed by atoms with Crippen molar-refractivity contribution >= 4 is 29.1 Å². The summed E-state index contributed by atoms with van der Waals surface area (Å²) < 4.78 is 0. The zero-order chi connectivity index (χ0) is 13.0. The monoisotopic (exact) mass is 275 g/mol. The predicted molar refractivity (Wildman–Crippen MR) is 68.4 cm³/mol. The first kappa shape index (κ1) is 14.2. The van der Waals surface area contributed by atoms with Gasteiger partial charge in [-0.3, -0.25) is 4.79 Å². The highest BCUT2D eigenvalue weighted by atomic mass is 35.5. The number of carbonyl (C=O) groups is 1. The summed E-state index contributed by atoms with van der Waals surface area (Å²) in [5.74, 6) is 0.0837. The second-order valence-electron chi connectivity index (χ2n) is 4.10. The lowest BCUT2D eigenvalue weighted by molar-refractivity contribution is 0.0924. The molecular weight excluding hydrogens is 261 g/mol. The number of aromatic nitrogens is 2. The molecule has 1 rings (SSSR count). The minimum atomic E-state index is -0.271. The quantitative estimate of drug-likeness (QED) is 0.919. The van der Waals surface area contributed by atoms with Crippen LogP contribution >= 0.6 is 23.2 Å². The minimum Gasteiger partial charge on any atom is -0.349 e. The molecule has 0 bridgehead atoms. The molecule has 0 saturated heterocycles. The van der Waals surface area contributed by atoms with Crippen LogP contribution in [0, 0.1) is 5.92 Å². The van der Waals surface area contributed by atoms with Gasteiger partial charge in [0.15, 0.2) is 10.3 Å². The van der Waals surface area contributed by atoms with Gasteiger partial charge < -0.3 is 5.32 Å². The molecular formula is C11H15Cl2N3O. The van der Waals surface area contributed by atoms with Crippen molar-refractivity contribution in [3.63, 3.8) is 0 Å². The Hall–Kier alpha value is -0.870. The maximum absolute atomic E-state index is 12.0. The van der Waals surface area contributed by atoms with Gasteiger partial charge in [0.1, 0.15) is 0 Å². The first-order valence-electron chi connectivity index (χ1n) is 5.45. The highest BCUT2D eigenvalue weighted by Crippen LogP contribution is 2.16. The van der Waals surface area contributed by atoms with Crippen molar-refractivity contribution < 1.29 is 4.79 Å². The Morgan fingerprint density at radius 1 is 1.41 bits per heavy atom. The first-order chi connectivity index (χ1) is 7.95. The Kier molecular flexibility index (Phi) is 5.15. The van der Waals surface area contributed by atoms with E-state index in [4.69, 9.17) is 23.2 Å². The third-order valence-corrected chi connectivity index (χ3v) is 2.99. The summed E-state index contributed by atoms with van der Waals surface area (Å²) >= 11 is 11.5. The molecule has 0 radical (unpaired) electrons. The number of amides is 1. The van der Waals surface area contributed by atoms with Crippen molar-refractivity contribution in [2.45, 2.75) is 33.2 Å². The molecule has 0 aliphatic heterocycles. The molecule has 17 heavy (non-hydrogen) atoms. The van der Waals surface area contributed by atoms with Crippen LogP contribution in [0.4, 0.5) is 0 Å². The van der Waals surface area contributed by atoms with Crippen LogP contribution in [0.1, 0.15) is 37.6 Å². The van der Waals surface area contributed by atoms with Gasteiger partial charge in [-0.05, 0) is 18.4 Å². The maximum atomic E-state index is 12.0. The SMILES string of the molecule is CCC(NC(=O)c1cc(Cl)nnc1Cl)C(C)C. The van der Waals surface area contributed by atoms with Gasteiger partial charge in [-0.2, -0.15) is 0 Å². The number of halogens is 2. The number of nitrogens with one attached hydrogen (secondary N) is 1. The largest absolute Gasteiger partial charge is 0.349 e. The summed E-state index contributed by atoms with van der Waals surface area (Å²) in [6.07, 6.45) is 0.854. The third kappa shape index (κ3) is 3.82. The second kappa shape index (κ2) is 6.17. The molecule has 1 aromatic rings. The van der Waals surface area contributed by atoms with Crippen LogP contribution in [0.15, 0.2) is 6.07 Å². The zero-order valence-electron chi connectivity index (χ0n) is 10.00. The van der Waals surface area contributed by atoms with Crippen LogP contribution in [0.3, 0.4) is 0 Å². The van der Waals surface area contributed by atoms with Crippen molar-refractivity contribution in [2.75, 3.05) is 0 Å². The molecule has 1 aromatic heterocycles. The Morgan fingerprint density at radius 2 is 2.06 bits per heavy atom. The predicted octanol–water partition coefficient (Wildman–Crippen LogP) is 2.95. The highest BCUT2D eigenvalue weighted by molar-refractivity contribution is 6.34. The Bertz CT molecular complexity index is 410. The second-order valence-corrected chi connectivity index (χ2v) is 4.85. The Morgan fingerprint density at radius 3 is 2.59 bits per heavy atom. The summed E-state index contributed by atoms with van der Waals surface area (Å²) in [5.41, 5.74) is 0.255. The van der Waals surface area contributed by atoms with Gasteiger partial charge in [0.05, 0.1) is 5.56 Å². The van der Waals surface area contributed by atoms with Gasteiger partial charge in [-0.15, -0.1) is 10.2 Å². The normalized spacial score (nSPS) is 12.6. The zero-order valence-corrected chi connectivity index (χ0v) is 11.5. The molecule has 4 nitrogen and oxygen atoms in total. The maximum Gasteiger partial charge on any atom is 0.254 e. The standard InChI is InChI=1S/C11H15Cl2N3O/c1-4-8(6(2)3)14-11(17)7-5-9(12)15-16-10(7)13/h5-6,8H,4H2,1-3H3,(H,14,17). The fourth-order valence-corrected chi connectivity index (χ4v) is 1.82. The van der Waals surface area contributed by atoms with E-state index >= 15 is 0 Å². The van der Waals surface area contributed by atoms with Gasteiger partial charge in [-0.1, -0.05) is 44.0 Å². The molecule has 6 heteroatoms. The fourth-order valence-electron chi connectivity index (χ4n) is 1.50. The van der Waals surface area contributed by atoms with Crippen molar-refractivity contribution in [2.24, 2.45) is 5.92 Å². The number of rotatable bonds is 4. The molecule has 1 N–H and O–H groups in total. The summed E-state index contributed by atoms with van der Waals surface area (Å²) in [7, 11) is 0. The van der Waals surface area contributed by atoms with Crippen LogP contribution < -0.4 is 5.32 Å². The van der Waals surface area contributed by atoms with Gasteiger partial charge in [0.25, 0.3) is 5.91 Å². The van der Waals surface area contributed by atoms with Crippen molar-refractivity contribution in [1.82, 2.24) is 15.5 Å². The van der Waals surface area contributed by atoms with E-state index in [1.165, 1.54) is 6.07 Å². The molecule has 0 aliphatic rings. The smallest absolute Gasteiger partial charge is 0.254 e. The topological polar surface area (TPSA) is 54.9 Å². The van der Waals surface area contributed by atoms with Crippen LogP contribution in [-0.2, 0) is 0 Å². The number of hydrogen-bond donors (Lipinski definition) is 1. The van der Waals surface area contributed by atoms with E-state index in [-0.39, 0.29) is 27.8 Å². The summed E-state index contributed by atoms with van der Waals surface area (Å²) in [6.45, 7) is 6.12. The molecule has 1 atom stereocenters. The van der Waals surface area contributed by atoms with Crippen LogP contribution in [-0.4, -0.2) is 22.1 Å². The number of hydrogen-bond acceptors (Lipinski definition) is 3. The lowest BCUT2D eigenvalue weighted by atomic mass is 10.0. The Labute approximate surface area is 111 Å². The van der Waals surface area contributed by atoms with E-state index < -0.39 is 0 Å². The molecule has 0 spiro atoms. The van der Waals surface area contributed by atoms with Crippen molar-refractivity contribution in [3.8, 4) is 0 Å². The van der Waals surface area contributed by atoms with Gasteiger partial charge >= 0.3 is 0 Å². The average Bonchev–Trinajstić information content (AvgIpc) is 2.28. The molecule has 0 saturated carbocycles. The number of nitrogens with zero attached hydrogens (tertiary/aromatic N) is 2. The molecule has 0 fully saturated rings. The summed E-state index contributed by atoms with van der Waals surface area (Å²) in [4.78, 5) is 12.0. The van der Waals surface area contributed by atoms with Crippen LogP contribution in [0.5, 0.6) is 0 Å². The van der Waals surface area contributed by atoms with E-state index in [0.29, 0.717) is 5.92 Å². The third-order valence-electron chi connectivity index (χ3n) is 2.52. The van der Waals surface area contributed by atoms with E-state index in [1.807, 2.05) is 20.8 Å². The summed E-state index contributed by atoms with van der Waals surface area (Å²) in [6, 6.07) is 1.52. The number of carbonyl (C=O) groups excluding carboxylic acids is 1. The van der Waals surface area contributed by atoms with E-state index in [2.05, 4.69) is 15.5 Å². The fraction of sp³-hybridized carbons (Fsp3) is 0.545. The average molecular weight is 276 g/mol. The van der Waals surface area contributed by atoms with E-state index in [1.54, 1.807) is 0 Å². The molecule has 1 unspecified atom stereocenters. The first-order valence-corrected chi connectivity index (χ1v) is 6.20. The van der Waals surface area contributed by atoms with E-state index in [0.717, 1.165) is 6.42 Å². The lowest BCUT2D eigenvalue weighted by Crippen LogP contribution is -2.38. The highest BCUT2D eigenvalue weighted by Gasteiger charge is 2.18. The molecule has 94 valence electrons. The van der Waals surface area contributed by atoms with Gasteiger partial charge in [0, 0.05) is 6.04 Å². The van der Waals surface area contributed by atoms with Crippen LogP contribution in [0.2, 0.25) is 10.3 Å².